The van der Waals surface area contributed by atoms with Crippen LogP contribution in [-0.2, 0) is 0 Å². The lowest BCUT2D eigenvalue weighted by molar-refractivity contribution is -0.387. The fourth-order valence-corrected chi connectivity index (χ4v) is 2.51. The van der Waals surface area contributed by atoms with Gasteiger partial charge in [0.25, 0.3) is 5.69 Å². The molecule has 0 heterocycles. The number of aromatic carboxylic acids is 1. The summed E-state index contributed by atoms with van der Waals surface area (Å²) in [6.07, 6.45) is 0. The number of carbonyl (C=O) groups is 1. The van der Waals surface area contributed by atoms with E-state index in [-0.39, 0.29) is 4.90 Å². The fourth-order valence-electron chi connectivity index (χ4n) is 1.55. The molecular weight excluding hydrogens is 285 g/mol. The van der Waals surface area contributed by atoms with Crippen LogP contribution in [-0.4, -0.2) is 16.0 Å². The molecule has 0 aliphatic carbocycles. The Morgan fingerprint density at radius 2 is 1.90 bits per heavy atom. The van der Waals surface area contributed by atoms with Crippen molar-refractivity contribution >= 4 is 23.4 Å². The molecule has 2 aromatic rings. The summed E-state index contributed by atoms with van der Waals surface area (Å²) in [4.78, 5) is 21.9. The van der Waals surface area contributed by atoms with E-state index >= 15 is 0 Å². The third kappa shape index (κ3) is 2.94. The molecule has 20 heavy (non-hydrogen) atoms. The van der Waals surface area contributed by atoms with E-state index in [0.717, 1.165) is 17.8 Å². The van der Waals surface area contributed by atoms with E-state index in [0.29, 0.717) is 11.0 Å². The van der Waals surface area contributed by atoms with Crippen LogP contribution in [0.3, 0.4) is 0 Å². The molecule has 1 N–H and O–H groups in total. The first-order chi connectivity index (χ1) is 9.49. The van der Waals surface area contributed by atoms with Gasteiger partial charge in [0, 0.05) is 4.90 Å². The average Bonchev–Trinajstić information content (AvgIpc) is 2.41. The highest BCUT2D eigenvalue weighted by atomic mass is 32.2. The summed E-state index contributed by atoms with van der Waals surface area (Å²) in [5.41, 5.74) is -1.05. The van der Waals surface area contributed by atoms with Gasteiger partial charge in [-0.05, 0) is 18.2 Å². The second-order valence-electron chi connectivity index (χ2n) is 3.78. The van der Waals surface area contributed by atoms with Crippen LogP contribution in [0.15, 0.2) is 52.3 Å². The maximum absolute atomic E-state index is 13.5. The Morgan fingerprint density at radius 1 is 1.25 bits per heavy atom. The van der Waals surface area contributed by atoms with Crippen molar-refractivity contribution < 1.29 is 19.2 Å². The molecule has 102 valence electrons. The number of halogens is 1. The largest absolute Gasteiger partial charge is 0.478 e. The first kappa shape index (κ1) is 14.0. The molecule has 0 amide bonds. The van der Waals surface area contributed by atoms with Crippen LogP contribution in [0, 0.1) is 15.9 Å². The first-order valence-corrected chi connectivity index (χ1v) is 6.25. The molecule has 0 aliphatic heterocycles. The summed E-state index contributed by atoms with van der Waals surface area (Å²) >= 11 is 1.01. The van der Waals surface area contributed by atoms with Crippen molar-refractivity contribution in [1.82, 2.24) is 0 Å². The Labute approximate surface area is 117 Å². The second kappa shape index (κ2) is 5.70. The molecule has 0 saturated carbocycles. The fraction of sp³-hybridized carbons (Fsp3) is 0. The minimum Gasteiger partial charge on any atom is -0.478 e. The molecule has 2 aromatic carbocycles. The molecule has 0 saturated heterocycles. The van der Waals surface area contributed by atoms with Gasteiger partial charge in [0.1, 0.15) is 5.82 Å². The molecule has 0 spiro atoms. The summed E-state index contributed by atoms with van der Waals surface area (Å²) < 4.78 is 13.5. The van der Waals surface area contributed by atoms with Gasteiger partial charge in [-0.3, -0.25) is 10.1 Å². The highest BCUT2D eigenvalue weighted by Crippen LogP contribution is 2.36. The minimum absolute atomic E-state index is 0.0833. The second-order valence-corrected chi connectivity index (χ2v) is 4.89. The number of rotatable bonds is 4. The minimum atomic E-state index is -1.47. The molecular formula is C13H8FNO4S. The summed E-state index contributed by atoms with van der Waals surface area (Å²) in [6, 6.07) is 10.3. The number of nitrogens with zero attached hydrogens (tertiary/aromatic N) is 1. The van der Waals surface area contributed by atoms with E-state index in [1.165, 1.54) is 0 Å². The number of carboxylic acid groups (broad SMARTS) is 1. The van der Waals surface area contributed by atoms with E-state index in [1.54, 1.807) is 30.3 Å². The number of nitro benzene ring substituents is 1. The summed E-state index contributed by atoms with van der Waals surface area (Å²) in [6.45, 7) is 0. The molecule has 2 rings (SSSR count). The summed E-state index contributed by atoms with van der Waals surface area (Å²) in [5.74, 6) is -2.59. The molecule has 0 aromatic heterocycles. The Hall–Kier alpha value is -2.41. The zero-order valence-corrected chi connectivity index (χ0v) is 10.8. The van der Waals surface area contributed by atoms with Crippen molar-refractivity contribution in [3.8, 4) is 0 Å². The number of carboxylic acids is 1. The van der Waals surface area contributed by atoms with Crippen molar-refractivity contribution in [3.63, 3.8) is 0 Å². The Balaban J connectivity index is 2.51. The first-order valence-electron chi connectivity index (χ1n) is 5.43. The summed E-state index contributed by atoms with van der Waals surface area (Å²) in [7, 11) is 0. The average molecular weight is 293 g/mol. The van der Waals surface area contributed by atoms with Crippen molar-refractivity contribution in [3.05, 3.63) is 64.0 Å². The predicted molar refractivity (Wildman–Crippen MR) is 70.6 cm³/mol. The van der Waals surface area contributed by atoms with Crippen LogP contribution < -0.4 is 0 Å². The van der Waals surface area contributed by atoms with Crippen LogP contribution in [0.2, 0.25) is 0 Å². The van der Waals surface area contributed by atoms with E-state index in [4.69, 9.17) is 5.11 Å². The number of nitro groups is 1. The van der Waals surface area contributed by atoms with Gasteiger partial charge in [0.05, 0.1) is 21.4 Å². The zero-order valence-electron chi connectivity index (χ0n) is 9.95. The standard InChI is InChI=1S/C13H8FNO4S/c14-10-7-11(15(18)19)12(6-9(10)13(16)17)20-8-4-2-1-3-5-8/h1-7H,(H,16,17). The van der Waals surface area contributed by atoms with Gasteiger partial charge in [0.2, 0.25) is 0 Å². The van der Waals surface area contributed by atoms with Gasteiger partial charge in [-0.1, -0.05) is 30.0 Å². The van der Waals surface area contributed by atoms with Crippen LogP contribution in [0.25, 0.3) is 0 Å². The maximum atomic E-state index is 13.5. The number of hydrogen-bond acceptors (Lipinski definition) is 4. The molecule has 0 unspecified atom stereocenters. The highest BCUT2D eigenvalue weighted by molar-refractivity contribution is 7.99. The lowest BCUT2D eigenvalue weighted by atomic mass is 10.2. The van der Waals surface area contributed by atoms with E-state index in [9.17, 15) is 19.3 Å². The summed E-state index contributed by atoms with van der Waals surface area (Å²) in [5, 5.41) is 19.8. The van der Waals surface area contributed by atoms with E-state index in [1.807, 2.05) is 0 Å². The third-order valence-corrected chi connectivity index (χ3v) is 3.50. The van der Waals surface area contributed by atoms with Crippen LogP contribution in [0.1, 0.15) is 10.4 Å². The zero-order chi connectivity index (χ0) is 14.7. The van der Waals surface area contributed by atoms with Crippen LogP contribution in [0.4, 0.5) is 10.1 Å². The molecule has 0 fully saturated rings. The van der Waals surface area contributed by atoms with Crippen molar-refractivity contribution in [2.45, 2.75) is 9.79 Å². The lowest BCUT2D eigenvalue weighted by Crippen LogP contribution is -2.03. The lowest BCUT2D eigenvalue weighted by Gasteiger charge is -2.05. The van der Waals surface area contributed by atoms with Gasteiger partial charge < -0.3 is 5.11 Å². The topological polar surface area (TPSA) is 80.4 Å². The molecule has 0 bridgehead atoms. The maximum Gasteiger partial charge on any atom is 0.338 e. The Bertz CT molecular complexity index is 676. The van der Waals surface area contributed by atoms with Crippen LogP contribution in [0.5, 0.6) is 0 Å². The van der Waals surface area contributed by atoms with Crippen molar-refractivity contribution in [1.29, 1.82) is 0 Å². The van der Waals surface area contributed by atoms with Gasteiger partial charge >= 0.3 is 5.97 Å². The van der Waals surface area contributed by atoms with Gasteiger partial charge in [-0.2, -0.15) is 0 Å². The number of benzene rings is 2. The molecule has 0 atom stereocenters. The Morgan fingerprint density at radius 3 is 2.45 bits per heavy atom. The Kier molecular flexibility index (Phi) is 3.99. The van der Waals surface area contributed by atoms with Gasteiger partial charge in [-0.15, -0.1) is 0 Å². The molecule has 5 nitrogen and oxygen atoms in total. The molecule has 7 heteroatoms. The molecule has 0 aliphatic rings. The van der Waals surface area contributed by atoms with Gasteiger partial charge in [0.15, 0.2) is 0 Å². The molecule has 0 radical (unpaired) electrons. The van der Waals surface area contributed by atoms with E-state index < -0.39 is 28.0 Å². The predicted octanol–water partition coefficient (Wildman–Crippen LogP) is 3.58. The normalized spacial score (nSPS) is 10.2. The quantitative estimate of drug-likeness (QED) is 0.688. The van der Waals surface area contributed by atoms with Crippen molar-refractivity contribution in [2.75, 3.05) is 0 Å². The highest BCUT2D eigenvalue weighted by Gasteiger charge is 2.22. The smallest absolute Gasteiger partial charge is 0.338 e. The van der Waals surface area contributed by atoms with Crippen LogP contribution >= 0.6 is 11.8 Å². The monoisotopic (exact) mass is 293 g/mol. The van der Waals surface area contributed by atoms with Crippen molar-refractivity contribution in [2.24, 2.45) is 0 Å². The SMILES string of the molecule is O=C(O)c1cc(Sc2ccccc2)c([N+](=O)[O-])cc1F. The van der Waals surface area contributed by atoms with Gasteiger partial charge in [-0.25, -0.2) is 9.18 Å². The van der Waals surface area contributed by atoms with E-state index in [2.05, 4.69) is 0 Å². The number of hydrogen-bond donors (Lipinski definition) is 1. The third-order valence-electron chi connectivity index (χ3n) is 2.45.